The van der Waals surface area contributed by atoms with Crippen molar-refractivity contribution in [3.05, 3.63) is 94.3 Å². The molecule has 3 aromatic rings. The monoisotopic (exact) mass is 332 g/mol. The van der Waals surface area contributed by atoms with Crippen molar-refractivity contribution < 1.29 is 4.39 Å². The normalized spacial score (nSPS) is 13.2. The Hall–Kier alpha value is -3.54. The van der Waals surface area contributed by atoms with Gasteiger partial charge in [-0.05, 0) is 35.9 Å². The summed E-state index contributed by atoms with van der Waals surface area (Å²) in [5.74, 6) is -0.0224. The van der Waals surface area contributed by atoms with Crippen LogP contribution in [0.5, 0.6) is 0 Å². The lowest BCUT2D eigenvalue weighted by Crippen LogP contribution is -2.13. The number of allylic oxidation sites excluding steroid dienone is 1. The molecule has 0 aliphatic carbocycles. The third-order valence-corrected chi connectivity index (χ3v) is 3.83. The van der Waals surface area contributed by atoms with Crippen molar-refractivity contribution in [3.8, 4) is 0 Å². The zero-order valence-electron chi connectivity index (χ0n) is 13.0. The molecule has 25 heavy (non-hydrogen) atoms. The van der Waals surface area contributed by atoms with Crippen LogP contribution in [0.2, 0.25) is 0 Å². The van der Waals surface area contributed by atoms with E-state index in [4.69, 9.17) is 0 Å². The van der Waals surface area contributed by atoms with Gasteiger partial charge in [0, 0.05) is 11.3 Å². The van der Waals surface area contributed by atoms with Crippen LogP contribution in [0.3, 0.4) is 0 Å². The maximum atomic E-state index is 13.3. The molecular formula is C19H13FN4O. The third kappa shape index (κ3) is 2.97. The van der Waals surface area contributed by atoms with Gasteiger partial charge in [0.05, 0.1) is 12.0 Å². The number of benzene rings is 2. The lowest BCUT2D eigenvalue weighted by Gasteiger charge is -2.09. The fourth-order valence-corrected chi connectivity index (χ4v) is 2.58. The van der Waals surface area contributed by atoms with Gasteiger partial charge in [0.15, 0.2) is 11.5 Å². The highest BCUT2D eigenvalue weighted by Crippen LogP contribution is 2.27. The summed E-state index contributed by atoms with van der Waals surface area (Å²) in [7, 11) is 0. The number of H-pyrrole nitrogens is 1. The molecule has 1 aliphatic rings. The number of fused-ring (bicyclic) bond motifs is 1. The predicted octanol–water partition coefficient (Wildman–Crippen LogP) is 3.50. The first-order chi connectivity index (χ1) is 12.2. The van der Waals surface area contributed by atoms with Gasteiger partial charge in [0.25, 0.3) is 5.56 Å². The summed E-state index contributed by atoms with van der Waals surface area (Å²) in [5, 5.41) is 3.08. The van der Waals surface area contributed by atoms with Crippen molar-refractivity contribution in [2.75, 3.05) is 5.32 Å². The van der Waals surface area contributed by atoms with E-state index in [-0.39, 0.29) is 17.1 Å². The second-order valence-electron chi connectivity index (χ2n) is 5.48. The number of halogens is 1. The number of anilines is 1. The Balaban J connectivity index is 1.92. The highest BCUT2D eigenvalue weighted by Gasteiger charge is 2.17. The van der Waals surface area contributed by atoms with Gasteiger partial charge in [0.2, 0.25) is 0 Å². The molecule has 0 bridgehead atoms. The predicted molar refractivity (Wildman–Crippen MR) is 95.5 cm³/mol. The molecule has 2 heterocycles. The van der Waals surface area contributed by atoms with Crippen molar-refractivity contribution >= 4 is 22.9 Å². The number of aliphatic imine (C=N–C) groups is 1. The van der Waals surface area contributed by atoms with Gasteiger partial charge in [-0.1, -0.05) is 30.3 Å². The molecule has 2 aromatic carbocycles. The highest BCUT2D eigenvalue weighted by atomic mass is 19.1. The second-order valence-corrected chi connectivity index (χ2v) is 5.48. The first kappa shape index (κ1) is 15.0. The molecule has 0 radical (unpaired) electrons. The van der Waals surface area contributed by atoms with E-state index in [1.807, 2.05) is 36.4 Å². The molecule has 1 aliphatic heterocycles. The topological polar surface area (TPSA) is 70.1 Å². The summed E-state index contributed by atoms with van der Waals surface area (Å²) in [5.41, 5.74) is 2.85. The van der Waals surface area contributed by atoms with E-state index in [2.05, 4.69) is 20.3 Å². The SMILES string of the molecule is O=c1[nH]cnc2c1NC(c1ccc(F)cc1)=CC(c1ccccc1)=N2. The van der Waals surface area contributed by atoms with Crippen LogP contribution in [0.15, 0.2) is 76.8 Å². The molecule has 0 amide bonds. The molecule has 122 valence electrons. The summed E-state index contributed by atoms with van der Waals surface area (Å²) in [6, 6.07) is 15.6. The number of aromatic amines is 1. The van der Waals surface area contributed by atoms with Crippen LogP contribution < -0.4 is 10.9 Å². The van der Waals surface area contributed by atoms with Gasteiger partial charge < -0.3 is 10.3 Å². The van der Waals surface area contributed by atoms with Crippen LogP contribution >= 0.6 is 0 Å². The maximum Gasteiger partial charge on any atom is 0.276 e. The van der Waals surface area contributed by atoms with Crippen molar-refractivity contribution in [2.45, 2.75) is 0 Å². The fraction of sp³-hybridized carbons (Fsp3) is 0. The summed E-state index contributed by atoms with van der Waals surface area (Å²) >= 11 is 0. The van der Waals surface area contributed by atoms with Crippen LogP contribution in [0.1, 0.15) is 11.1 Å². The summed E-state index contributed by atoms with van der Waals surface area (Å²) in [4.78, 5) is 23.4. The molecule has 4 rings (SSSR count). The zero-order valence-corrected chi connectivity index (χ0v) is 13.0. The number of nitrogens with zero attached hydrogens (tertiary/aromatic N) is 2. The molecule has 0 saturated carbocycles. The zero-order chi connectivity index (χ0) is 17.2. The number of hydrogen-bond donors (Lipinski definition) is 2. The third-order valence-electron chi connectivity index (χ3n) is 3.83. The average Bonchev–Trinajstić information content (AvgIpc) is 2.84. The van der Waals surface area contributed by atoms with E-state index in [9.17, 15) is 9.18 Å². The molecule has 2 N–H and O–H groups in total. The van der Waals surface area contributed by atoms with Crippen molar-refractivity contribution in [1.29, 1.82) is 0 Å². The van der Waals surface area contributed by atoms with E-state index in [0.29, 0.717) is 17.2 Å². The Morgan fingerprint density at radius 3 is 2.44 bits per heavy atom. The standard InChI is InChI=1S/C19H13FN4O/c20-14-8-6-13(7-9-14)15-10-16(12-4-2-1-3-5-12)24-18-17(23-15)19(25)22-11-21-18/h1-11,23H,(H,21,22,25). The van der Waals surface area contributed by atoms with Gasteiger partial charge >= 0.3 is 0 Å². The fourth-order valence-electron chi connectivity index (χ4n) is 2.58. The minimum Gasteiger partial charge on any atom is -0.347 e. The molecular weight excluding hydrogens is 319 g/mol. The Labute approximate surface area is 142 Å². The van der Waals surface area contributed by atoms with Crippen LogP contribution in [0.25, 0.3) is 5.70 Å². The highest BCUT2D eigenvalue weighted by molar-refractivity contribution is 6.15. The molecule has 0 saturated heterocycles. The van der Waals surface area contributed by atoms with Crippen molar-refractivity contribution in [1.82, 2.24) is 9.97 Å². The van der Waals surface area contributed by atoms with E-state index < -0.39 is 0 Å². The van der Waals surface area contributed by atoms with Gasteiger partial charge in [-0.3, -0.25) is 4.79 Å². The van der Waals surface area contributed by atoms with Crippen LogP contribution in [0.4, 0.5) is 15.9 Å². The Kier molecular flexibility index (Phi) is 3.70. The molecule has 0 unspecified atom stereocenters. The molecule has 1 aromatic heterocycles. The maximum absolute atomic E-state index is 13.3. The molecule has 5 nitrogen and oxygen atoms in total. The quantitative estimate of drug-likeness (QED) is 0.754. The second kappa shape index (κ2) is 6.16. The Morgan fingerprint density at radius 2 is 1.68 bits per heavy atom. The van der Waals surface area contributed by atoms with E-state index in [0.717, 1.165) is 11.1 Å². The first-order valence-corrected chi connectivity index (χ1v) is 7.67. The van der Waals surface area contributed by atoms with E-state index >= 15 is 0 Å². The smallest absolute Gasteiger partial charge is 0.276 e. The average molecular weight is 332 g/mol. The number of rotatable bonds is 2. The van der Waals surface area contributed by atoms with Crippen LogP contribution in [-0.4, -0.2) is 15.7 Å². The number of nitrogens with one attached hydrogen (secondary N) is 2. The minimum atomic E-state index is -0.324. The van der Waals surface area contributed by atoms with Crippen molar-refractivity contribution in [2.24, 2.45) is 4.99 Å². The van der Waals surface area contributed by atoms with Gasteiger partial charge in [-0.25, -0.2) is 14.4 Å². The Morgan fingerprint density at radius 1 is 0.920 bits per heavy atom. The molecule has 0 fully saturated rings. The molecule has 6 heteroatoms. The molecule has 0 atom stereocenters. The van der Waals surface area contributed by atoms with Crippen LogP contribution in [0, 0.1) is 5.82 Å². The summed E-state index contributed by atoms with van der Waals surface area (Å²) in [6.45, 7) is 0. The first-order valence-electron chi connectivity index (χ1n) is 7.67. The summed E-state index contributed by atoms with van der Waals surface area (Å²) < 4.78 is 13.3. The van der Waals surface area contributed by atoms with Gasteiger partial charge in [0.1, 0.15) is 5.82 Å². The van der Waals surface area contributed by atoms with Crippen LogP contribution in [-0.2, 0) is 0 Å². The van der Waals surface area contributed by atoms with E-state index in [1.165, 1.54) is 18.5 Å². The van der Waals surface area contributed by atoms with Gasteiger partial charge in [-0.15, -0.1) is 0 Å². The minimum absolute atomic E-state index is 0.254. The Bertz CT molecular complexity index is 1040. The summed E-state index contributed by atoms with van der Waals surface area (Å²) in [6.07, 6.45) is 3.14. The molecule has 0 spiro atoms. The van der Waals surface area contributed by atoms with Gasteiger partial charge in [-0.2, -0.15) is 0 Å². The number of hydrogen-bond acceptors (Lipinski definition) is 4. The van der Waals surface area contributed by atoms with E-state index in [1.54, 1.807) is 12.1 Å². The number of aromatic nitrogens is 2. The lowest BCUT2D eigenvalue weighted by molar-refractivity contribution is 0.627. The lowest BCUT2D eigenvalue weighted by atomic mass is 10.1. The van der Waals surface area contributed by atoms with Crippen molar-refractivity contribution in [3.63, 3.8) is 0 Å². The largest absolute Gasteiger partial charge is 0.347 e.